The molecule has 128 valence electrons. The van der Waals surface area contributed by atoms with Crippen LogP contribution in [0.1, 0.15) is 33.5 Å². The molecule has 25 heavy (non-hydrogen) atoms. The number of amides is 2. The van der Waals surface area contributed by atoms with Crippen molar-refractivity contribution in [2.75, 3.05) is 11.9 Å². The van der Waals surface area contributed by atoms with Gasteiger partial charge in [0.1, 0.15) is 0 Å². The number of nitrogens with one attached hydrogen (secondary N) is 1. The van der Waals surface area contributed by atoms with E-state index in [1.165, 1.54) is 22.1 Å². The molecule has 0 aliphatic heterocycles. The Hall–Kier alpha value is -2.95. The molecule has 5 nitrogen and oxygen atoms in total. The second-order valence-electron chi connectivity index (χ2n) is 6.12. The van der Waals surface area contributed by atoms with Crippen LogP contribution in [0.25, 0.3) is 0 Å². The van der Waals surface area contributed by atoms with Crippen molar-refractivity contribution in [1.29, 1.82) is 0 Å². The van der Waals surface area contributed by atoms with Gasteiger partial charge in [-0.2, -0.15) is 0 Å². The predicted octanol–water partition coefficient (Wildman–Crippen LogP) is 2.65. The van der Waals surface area contributed by atoms with E-state index >= 15 is 0 Å². The average molecular weight is 335 g/mol. The van der Waals surface area contributed by atoms with Crippen molar-refractivity contribution >= 4 is 17.5 Å². The number of carbonyl (C=O) groups is 2. The van der Waals surface area contributed by atoms with Gasteiger partial charge in [-0.1, -0.05) is 6.58 Å². The molecule has 1 aromatic carbocycles. The van der Waals surface area contributed by atoms with Crippen LogP contribution in [0.2, 0.25) is 0 Å². The lowest BCUT2D eigenvalue weighted by Gasteiger charge is -2.15. The number of anilines is 1. The third-order valence-electron chi connectivity index (χ3n) is 4.57. The van der Waals surface area contributed by atoms with Crippen LogP contribution in [0.15, 0.2) is 49.3 Å². The van der Waals surface area contributed by atoms with Crippen LogP contribution in [0.3, 0.4) is 0 Å². The van der Waals surface area contributed by atoms with Gasteiger partial charge in [-0.25, -0.2) is 0 Å². The van der Waals surface area contributed by atoms with Crippen molar-refractivity contribution in [3.63, 3.8) is 0 Å². The first-order chi connectivity index (χ1) is 12.1. The summed E-state index contributed by atoms with van der Waals surface area (Å²) in [5.74, 6) is -0.331. The number of pyridine rings is 1. The Morgan fingerprint density at radius 1 is 1.24 bits per heavy atom. The van der Waals surface area contributed by atoms with E-state index in [0.29, 0.717) is 17.8 Å². The number of likely N-dealkylation sites (N-methyl/N-ethyl adjacent to an activating group) is 1. The van der Waals surface area contributed by atoms with Gasteiger partial charge in [0, 0.05) is 37.2 Å². The van der Waals surface area contributed by atoms with Crippen LogP contribution >= 0.6 is 0 Å². The van der Waals surface area contributed by atoms with Gasteiger partial charge in [0.2, 0.25) is 5.91 Å². The monoisotopic (exact) mass is 335 g/mol. The molecule has 0 bridgehead atoms. The van der Waals surface area contributed by atoms with Gasteiger partial charge in [-0.05, 0) is 66.3 Å². The Kier molecular flexibility index (Phi) is 4.93. The highest BCUT2D eigenvalue weighted by Gasteiger charge is 2.16. The lowest BCUT2D eigenvalue weighted by molar-refractivity contribution is -0.113. The Labute approximate surface area is 147 Å². The van der Waals surface area contributed by atoms with Gasteiger partial charge in [0.15, 0.2) is 0 Å². The molecule has 1 N–H and O–H groups in total. The third-order valence-corrected chi connectivity index (χ3v) is 4.57. The second-order valence-corrected chi connectivity index (χ2v) is 6.12. The highest BCUT2D eigenvalue weighted by Crippen LogP contribution is 2.24. The quantitative estimate of drug-likeness (QED) is 0.855. The Morgan fingerprint density at radius 3 is 2.72 bits per heavy atom. The maximum absolute atomic E-state index is 12.4. The summed E-state index contributed by atoms with van der Waals surface area (Å²) >= 11 is 0. The molecule has 0 fully saturated rings. The van der Waals surface area contributed by atoms with E-state index in [9.17, 15) is 9.59 Å². The van der Waals surface area contributed by atoms with E-state index in [-0.39, 0.29) is 11.8 Å². The van der Waals surface area contributed by atoms with Crippen molar-refractivity contribution in [3.05, 3.63) is 71.6 Å². The zero-order chi connectivity index (χ0) is 17.8. The SMILES string of the molecule is C=CC(=O)N(C)c1ccc(C(=O)NCc2cncc3c2CCC3)cc1. The molecule has 0 atom stereocenters. The molecule has 1 aromatic heterocycles. The Morgan fingerprint density at radius 2 is 2.00 bits per heavy atom. The first kappa shape index (κ1) is 16.9. The van der Waals surface area contributed by atoms with Gasteiger partial charge in [-0.3, -0.25) is 14.6 Å². The first-order valence-electron chi connectivity index (χ1n) is 8.33. The van der Waals surface area contributed by atoms with Gasteiger partial charge in [-0.15, -0.1) is 0 Å². The molecule has 0 radical (unpaired) electrons. The maximum atomic E-state index is 12.4. The number of hydrogen-bond acceptors (Lipinski definition) is 3. The zero-order valence-corrected chi connectivity index (χ0v) is 14.3. The summed E-state index contributed by atoms with van der Waals surface area (Å²) in [7, 11) is 1.67. The molecule has 2 amide bonds. The van der Waals surface area contributed by atoms with Crippen molar-refractivity contribution in [2.24, 2.45) is 0 Å². The first-order valence-corrected chi connectivity index (χ1v) is 8.33. The van der Waals surface area contributed by atoms with E-state index in [1.54, 1.807) is 31.3 Å². The number of rotatable bonds is 5. The van der Waals surface area contributed by atoms with Crippen LogP contribution in [0.5, 0.6) is 0 Å². The van der Waals surface area contributed by atoms with Gasteiger partial charge in [0.05, 0.1) is 0 Å². The van der Waals surface area contributed by atoms with Crippen LogP contribution in [-0.2, 0) is 24.2 Å². The zero-order valence-electron chi connectivity index (χ0n) is 14.3. The maximum Gasteiger partial charge on any atom is 0.251 e. The van der Waals surface area contributed by atoms with Crippen molar-refractivity contribution in [2.45, 2.75) is 25.8 Å². The van der Waals surface area contributed by atoms with Gasteiger partial charge in [0.25, 0.3) is 5.91 Å². The summed E-state index contributed by atoms with van der Waals surface area (Å²) in [5, 5.41) is 2.95. The minimum Gasteiger partial charge on any atom is -0.348 e. The summed E-state index contributed by atoms with van der Waals surface area (Å²) in [6.07, 6.45) is 8.30. The number of carbonyl (C=O) groups excluding carboxylic acids is 2. The Bertz CT molecular complexity index is 812. The fraction of sp³-hybridized carbons (Fsp3) is 0.250. The highest BCUT2D eigenvalue weighted by molar-refractivity contribution is 6.01. The number of aryl methyl sites for hydroxylation is 1. The van der Waals surface area contributed by atoms with E-state index in [2.05, 4.69) is 16.9 Å². The number of fused-ring (bicyclic) bond motifs is 1. The molecule has 0 saturated carbocycles. The molecule has 1 heterocycles. The van der Waals surface area contributed by atoms with Crippen LogP contribution < -0.4 is 10.2 Å². The standard InChI is InChI=1S/C20H21N3O2/c1-3-19(24)23(2)17-9-7-14(8-10-17)20(25)22-13-16-12-21-11-15-5-4-6-18(15)16/h3,7-12H,1,4-6,13H2,2H3,(H,22,25). The average Bonchev–Trinajstić information content (AvgIpc) is 3.14. The minimum atomic E-state index is -0.192. The third kappa shape index (κ3) is 3.60. The number of nitrogens with zero attached hydrogens (tertiary/aromatic N) is 2. The molecule has 0 unspecified atom stereocenters. The highest BCUT2D eigenvalue weighted by atomic mass is 16.2. The van der Waals surface area contributed by atoms with Crippen molar-refractivity contribution in [3.8, 4) is 0 Å². The van der Waals surface area contributed by atoms with Gasteiger partial charge < -0.3 is 10.2 Å². The van der Waals surface area contributed by atoms with E-state index in [4.69, 9.17) is 0 Å². The summed E-state index contributed by atoms with van der Waals surface area (Å²) < 4.78 is 0. The molecular formula is C20H21N3O2. The fourth-order valence-electron chi connectivity index (χ4n) is 3.10. The summed E-state index contributed by atoms with van der Waals surface area (Å²) in [4.78, 5) is 29.7. The smallest absolute Gasteiger partial charge is 0.251 e. The molecule has 1 aliphatic carbocycles. The Balaban J connectivity index is 1.65. The summed E-state index contributed by atoms with van der Waals surface area (Å²) in [6.45, 7) is 3.95. The lowest BCUT2D eigenvalue weighted by atomic mass is 10.1. The second kappa shape index (κ2) is 7.30. The molecular weight excluding hydrogens is 314 g/mol. The molecule has 5 heteroatoms. The summed E-state index contributed by atoms with van der Waals surface area (Å²) in [6, 6.07) is 6.92. The topological polar surface area (TPSA) is 62.3 Å². The molecule has 0 spiro atoms. The van der Waals surface area contributed by atoms with Crippen LogP contribution in [0.4, 0.5) is 5.69 Å². The number of hydrogen-bond donors (Lipinski definition) is 1. The molecule has 0 saturated heterocycles. The number of benzene rings is 1. The fourth-order valence-corrected chi connectivity index (χ4v) is 3.10. The van der Waals surface area contributed by atoms with E-state index in [0.717, 1.165) is 24.8 Å². The van der Waals surface area contributed by atoms with Gasteiger partial charge >= 0.3 is 0 Å². The summed E-state index contributed by atoms with van der Waals surface area (Å²) in [5.41, 5.74) is 4.99. The van der Waals surface area contributed by atoms with Crippen LogP contribution in [0, 0.1) is 0 Å². The molecule has 2 aromatic rings. The van der Waals surface area contributed by atoms with Crippen LogP contribution in [-0.4, -0.2) is 23.8 Å². The van der Waals surface area contributed by atoms with Crippen molar-refractivity contribution in [1.82, 2.24) is 10.3 Å². The van der Waals surface area contributed by atoms with E-state index < -0.39 is 0 Å². The largest absolute Gasteiger partial charge is 0.348 e. The minimum absolute atomic E-state index is 0.139. The molecule has 3 rings (SSSR count). The predicted molar refractivity (Wildman–Crippen MR) is 97.5 cm³/mol. The normalized spacial score (nSPS) is 12.4. The number of aromatic nitrogens is 1. The lowest BCUT2D eigenvalue weighted by Crippen LogP contribution is -2.25. The van der Waals surface area contributed by atoms with Crippen molar-refractivity contribution < 1.29 is 9.59 Å². The molecule has 1 aliphatic rings. The van der Waals surface area contributed by atoms with E-state index in [1.807, 2.05) is 12.4 Å².